The van der Waals surface area contributed by atoms with E-state index in [2.05, 4.69) is 0 Å². The van der Waals surface area contributed by atoms with Gasteiger partial charge in [-0.2, -0.15) is 0 Å². The summed E-state index contributed by atoms with van der Waals surface area (Å²) in [4.78, 5) is 12.3. The van der Waals surface area contributed by atoms with E-state index in [1.54, 1.807) is 6.07 Å². The molecule has 0 bridgehead atoms. The van der Waals surface area contributed by atoms with Gasteiger partial charge in [-0.1, -0.05) is 20.8 Å². The number of fused-ring (bicyclic) bond motifs is 1. The first kappa shape index (κ1) is 14.7. The minimum absolute atomic E-state index is 0.0142. The van der Waals surface area contributed by atoms with E-state index in [1.165, 1.54) is 7.11 Å². The van der Waals surface area contributed by atoms with Gasteiger partial charge in [0, 0.05) is 5.56 Å². The van der Waals surface area contributed by atoms with Crippen molar-refractivity contribution in [3.05, 3.63) is 17.2 Å². The van der Waals surface area contributed by atoms with Crippen LogP contribution >= 0.6 is 0 Å². The molecule has 1 heterocycles. The number of phenols is 1. The largest absolute Gasteiger partial charge is 0.502 e. The normalized spacial score (nSPS) is 17.4. The third-order valence-electron chi connectivity index (χ3n) is 3.49. The van der Waals surface area contributed by atoms with Gasteiger partial charge in [0.1, 0.15) is 5.60 Å². The second-order valence-corrected chi connectivity index (χ2v) is 6.89. The molecule has 2 rings (SSSR count). The zero-order chi connectivity index (χ0) is 15.3. The van der Waals surface area contributed by atoms with E-state index in [-0.39, 0.29) is 22.7 Å². The number of carbonyl (C=O) groups is 1. The molecule has 4 nitrogen and oxygen atoms in total. The number of benzene rings is 1. The summed E-state index contributed by atoms with van der Waals surface area (Å²) in [5.41, 5.74) is 0.376. The Labute approximate surface area is 119 Å². The maximum absolute atomic E-state index is 12.3. The minimum Gasteiger partial charge on any atom is -0.502 e. The highest BCUT2D eigenvalue weighted by atomic mass is 16.5. The molecule has 0 aromatic heterocycles. The summed E-state index contributed by atoms with van der Waals surface area (Å²) < 4.78 is 11.1. The van der Waals surface area contributed by atoms with Crippen molar-refractivity contribution in [2.75, 3.05) is 7.11 Å². The van der Waals surface area contributed by atoms with E-state index in [9.17, 15) is 9.90 Å². The number of ether oxygens (including phenoxy) is 2. The molecule has 0 radical (unpaired) electrons. The Balaban J connectivity index is 2.73. The van der Waals surface area contributed by atoms with Crippen molar-refractivity contribution >= 4 is 5.78 Å². The third kappa shape index (κ3) is 2.35. The number of rotatable bonds is 1. The molecule has 0 spiro atoms. The Morgan fingerprint density at radius 2 is 1.95 bits per heavy atom. The van der Waals surface area contributed by atoms with Crippen molar-refractivity contribution < 1.29 is 19.4 Å². The molecule has 0 unspecified atom stereocenters. The number of ketones is 1. The number of phenolic OH excluding ortho intramolecular Hbond substituents is 1. The molecule has 4 heteroatoms. The summed E-state index contributed by atoms with van der Waals surface area (Å²) in [6, 6.07) is 1.78. The standard InChI is InChI=1S/C16H22O4/c1-15(2,3)10-7-9-11(17)8-16(4,5)20-13(9)12(18)14(10)19-6/h7,18H,8H2,1-6H3. The number of methoxy groups -OCH3 is 1. The van der Waals surface area contributed by atoms with Crippen molar-refractivity contribution in [2.24, 2.45) is 0 Å². The van der Waals surface area contributed by atoms with Crippen molar-refractivity contribution in [3.63, 3.8) is 0 Å². The first-order chi connectivity index (χ1) is 9.07. The van der Waals surface area contributed by atoms with Gasteiger partial charge in [0.15, 0.2) is 17.3 Å². The van der Waals surface area contributed by atoms with E-state index in [1.807, 2.05) is 34.6 Å². The van der Waals surface area contributed by atoms with Crippen molar-refractivity contribution in [1.82, 2.24) is 0 Å². The highest BCUT2D eigenvalue weighted by Crippen LogP contribution is 2.49. The molecule has 1 aliphatic heterocycles. The van der Waals surface area contributed by atoms with E-state index < -0.39 is 5.60 Å². The molecule has 0 fully saturated rings. The van der Waals surface area contributed by atoms with Crippen molar-refractivity contribution in [2.45, 2.75) is 52.1 Å². The fourth-order valence-corrected chi connectivity index (χ4v) is 2.50. The lowest BCUT2D eigenvalue weighted by Crippen LogP contribution is -2.36. The maximum Gasteiger partial charge on any atom is 0.201 e. The van der Waals surface area contributed by atoms with Crippen LogP contribution in [-0.4, -0.2) is 23.6 Å². The zero-order valence-electron chi connectivity index (χ0n) is 13.0. The molecule has 0 saturated heterocycles. The molecule has 1 aliphatic rings. The van der Waals surface area contributed by atoms with Gasteiger partial charge < -0.3 is 14.6 Å². The highest BCUT2D eigenvalue weighted by molar-refractivity contribution is 6.02. The molecule has 0 amide bonds. The first-order valence-corrected chi connectivity index (χ1v) is 6.73. The molecule has 20 heavy (non-hydrogen) atoms. The summed E-state index contributed by atoms with van der Waals surface area (Å²) >= 11 is 0. The van der Waals surface area contributed by atoms with E-state index in [0.29, 0.717) is 17.7 Å². The van der Waals surface area contributed by atoms with Crippen molar-refractivity contribution in [1.29, 1.82) is 0 Å². The van der Waals surface area contributed by atoms with Gasteiger partial charge in [-0.25, -0.2) is 0 Å². The van der Waals surface area contributed by atoms with Crippen LogP contribution in [-0.2, 0) is 5.41 Å². The smallest absolute Gasteiger partial charge is 0.201 e. The Hall–Kier alpha value is -1.71. The molecule has 0 saturated carbocycles. The van der Waals surface area contributed by atoms with Crippen LogP contribution in [0.1, 0.15) is 57.0 Å². The fourth-order valence-electron chi connectivity index (χ4n) is 2.50. The van der Waals surface area contributed by atoms with Crippen LogP contribution in [0.5, 0.6) is 17.2 Å². The summed E-state index contributed by atoms with van der Waals surface area (Å²) in [5, 5.41) is 10.4. The molecule has 0 atom stereocenters. The second kappa shape index (κ2) is 4.40. The van der Waals surface area contributed by atoms with E-state index >= 15 is 0 Å². The van der Waals surface area contributed by atoms with Crippen LogP contribution in [0.15, 0.2) is 6.07 Å². The van der Waals surface area contributed by atoms with Gasteiger partial charge in [-0.15, -0.1) is 0 Å². The average molecular weight is 278 g/mol. The Morgan fingerprint density at radius 3 is 2.45 bits per heavy atom. The number of Topliss-reactive ketones (excluding diaryl/α,β-unsaturated/α-hetero) is 1. The monoisotopic (exact) mass is 278 g/mol. The predicted molar refractivity (Wildman–Crippen MR) is 77.0 cm³/mol. The van der Waals surface area contributed by atoms with Gasteiger partial charge >= 0.3 is 0 Å². The minimum atomic E-state index is -0.615. The van der Waals surface area contributed by atoms with Gasteiger partial charge in [-0.3, -0.25) is 4.79 Å². The number of aromatic hydroxyl groups is 1. The Morgan fingerprint density at radius 1 is 1.35 bits per heavy atom. The topological polar surface area (TPSA) is 55.8 Å². The molecular formula is C16H22O4. The second-order valence-electron chi connectivity index (χ2n) is 6.89. The Kier molecular flexibility index (Phi) is 3.23. The van der Waals surface area contributed by atoms with Crippen LogP contribution in [0.25, 0.3) is 0 Å². The van der Waals surface area contributed by atoms with Crippen LogP contribution in [0.2, 0.25) is 0 Å². The van der Waals surface area contributed by atoms with Crippen LogP contribution in [0.4, 0.5) is 0 Å². The Bertz CT molecular complexity index is 565. The quantitative estimate of drug-likeness (QED) is 0.855. The van der Waals surface area contributed by atoms with Gasteiger partial charge in [0.2, 0.25) is 5.75 Å². The predicted octanol–water partition coefficient (Wildman–Crippen LogP) is 3.44. The van der Waals surface area contributed by atoms with Gasteiger partial charge in [-0.05, 0) is 25.3 Å². The van der Waals surface area contributed by atoms with Crippen LogP contribution in [0.3, 0.4) is 0 Å². The molecule has 0 aliphatic carbocycles. The summed E-state index contributed by atoms with van der Waals surface area (Å²) in [6.07, 6.45) is 0.301. The molecular weight excluding hydrogens is 256 g/mol. The van der Waals surface area contributed by atoms with E-state index in [0.717, 1.165) is 5.56 Å². The number of carbonyl (C=O) groups excluding carboxylic acids is 1. The first-order valence-electron chi connectivity index (χ1n) is 6.73. The van der Waals surface area contributed by atoms with Crippen LogP contribution < -0.4 is 9.47 Å². The van der Waals surface area contributed by atoms with Crippen LogP contribution in [0, 0.1) is 0 Å². The lowest BCUT2D eigenvalue weighted by atomic mass is 9.82. The lowest BCUT2D eigenvalue weighted by molar-refractivity contribution is 0.0598. The lowest BCUT2D eigenvalue weighted by Gasteiger charge is -2.34. The summed E-state index contributed by atoms with van der Waals surface area (Å²) in [6.45, 7) is 9.69. The highest BCUT2D eigenvalue weighted by Gasteiger charge is 2.37. The molecule has 110 valence electrons. The third-order valence-corrected chi connectivity index (χ3v) is 3.49. The maximum atomic E-state index is 12.3. The molecule has 1 aromatic rings. The summed E-state index contributed by atoms with van der Waals surface area (Å²) in [7, 11) is 1.51. The SMILES string of the molecule is COc1c(C(C)(C)C)cc2c(c1O)OC(C)(C)CC2=O. The molecule has 1 aromatic carbocycles. The summed E-state index contributed by atoms with van der Waals surface area (Å²) in [5.74, 6) is 0.508. The number of hydrogen-bond donors (Lipinski definition) is 1. The van der Waals surface area contributed by atoms with Gasteiger partial charge in [0.25, 0.3) is 0 Å². The van der Waals surface area contributed by atoms with Crippen molar-refractivity contribution in [3.8, 4) is 17.2 Å². The average Bonchev–Trinajstić information content (AvgIpc) is 2.27. The van der Waals surface area contributed by atoms with E-state index in [4.69, 9.17) is 9.47 Å². The van der Waals surface area contributed by atoms with Gasteiger partial charge in [0.05, 0.1) is 19.1 Å². The zero-order valence-corrected chi connectivity index (χ0v) is 13.0. The fraction of sp³-hybridized carbons (Fsp3) is 0.562. The number of hydrogen-bond acceptors (Lipinski definition) is 4. The molecule has 1 N–H and O–H groups in total.